The Bertz CT molecular complexity index is 667. The second kappa shape index (κ2) is 5.88. The average molecular weight is 278 g/mol. The average Bonchev–Trinajstić information content (AvgIpc) is 2.79. The SMILES string of the molecule is C#CC=Cc1cn([C@H]2C[C@H](O)[C@@H](CO)O2)c(=O)[nH]c1=O. The highest BCUT2D eigenvalue weighted by molar-refractivity contribution is 5.50. The number of H-pyrrole nitrogens is 1. The van der Waals surface area contributed by atoms with E-state index in [-0.39, 0.29) is 18.6 Å². The number of allylic oxidation sites excluding steroid dienone is 1. The molecule has 1 aromatic rings. The van der Waals surface area contributed by atoms with E-state index in [0.29, 0.717) is 0 Å². The first-order valence-corrected chi connectivity index (χ1v) is 5.99. The molecule has 3 N–H and O–H groups in total. The summed E-state index contributed by atoms with van der Waals surface area (Å²) in [7, 11) is 0. The molecule has 1 aliphatic heterocycles. The number of hydrogen-bond donors (Lipinski definition) is 3. The van der Waals surface area contributed by atoms with E-state index < -0.39 is 29.7 Å². The number of rotatable bonds is 3. The number of aliphatic hydroxyl groups is 2. The van der Waals surface area contributed by atoms with Gasteiger partial charge in [0.2, 0.25) is 0 Å². The van der Waals surface area contributed by atoms with Gasteiger partial charge in [0, 0.05) is 12.6 Å². The maximum Gasteiger partial charge on any atom is 0.330 e. The summed E-state index contributed by atoms with van der Waals surface area (Å²) < 4.78 is 6.53. The van der Waals surface area contributed by atoms with Crippen molar-refractivity contribution >= 4 is 6.08 Å². The summed E-state index contributed by atoms with van der Waals surface area (Å²) in [6.07, 6.45) is 6.89. The van der Waals surface area contributed by atoms with Crippen LogP contribution in [-0.2, 0) is 4.74 Å². The summed E-state index contributed by atoms with van der Waals surface area (Å²) >= 11 is 0. The third kappa shape index (κ3) is 2.72. The van der Waals surface area contributed by atoms with E-state index in [1.807, 2.05) is 0 Å². The van der Waals surface area contributed by atoms with Crippen molar-refractivity contribution < 1.29 is 14.9 Å². The number of aromatic nitrogens is 2. The molecule has 0 saturated carbocycles. The fourth-order valence-electron chi connectivity index (χ4n) is 2.02. The molecule has 0 spiro atoms. The summed E-state index contributed by atoms with van der Waals surface area (Å²) in [5.74, 6) is 2.25. The van der Waals surface area contributed by atoms with E-state index >= 15 is 0 Å². The van der Waals surface area contributed by atoms with E-state index in [1.165, 1.54) is 18.3 Å². The normalized spacial score (nSPS) is 25.9. The summed E-state index contributed by atoms with van der Waals surface area (Å²) in [4.78, 5) is 25.5. The molecule has 1 aromatic heterocycles. The first-order valence-electron chi connectivity index (χ1n) is 5.99. The van der Waals surface area contributed by atoms with Crippen LogP contribution >= 0.6 is 0 Å². The molecule has 0 aliphatic carbocycles. The van der Waals surface area contributed by atoms with Gasteiger partial charge in [-0.05, 0) is 12.2 Å². The van der Waals surface area contributed by atoms with Gasteiger partial charge in [0.1, 0.15) is 12.3 Å². The highest BCUT2D eigenvalue weighted by atomic mass is 16.5. The largest absolute Gasteiger partial charge is 0.394 e. The van der Waals surface area contributed by atoms with E-state index in [2.05, 4.69) is 10.9 Å². The van der Waals surface area contributed by atoms with Crippen molar-refractivity contribution in [1.82, 2.24) is 9.55 Å². The highest BCUT2D eigenvalue weighted by Gasteiger charge is 2.35. The minimum absolute atomic E-state index is 0.148. The summed E-state index contributed by atoms with van der Waals surface area (Å²) in [6.45, 7) is -0.348. The summed E-state index contributed by atoms with van der Waals surface area (Å²) in [5, 5.41) is 18.7. The zero-order chi connectivity index (χ0) is 14.7. The first-order chi connectivity index (χ1) is 9.56. The van der Waals surface area contributed by atoms with E-state index in [4.69, 9.17) is 16.3 Å². The molecule has 106 valence electrons. The molecular formula is C13H14N2O5. The maximum absolute atomic E-state index is 11.8. The van der Waals surface area contributed by atoms with Gasteiger partial charge in [0.05, 0.1) is 18.3 Å². The summed E-state index contributed by atoms with van der Waals surface area (Å²) in [5.41, 5.74) is -1.01. The van der Waals surface area contributed by atoms with Gasteiger partial charge in [0.25, 0.3) is 5.56 Å². The van der Waals surface area contributed by atoms with Gasteiger partial charge in [-0.15, -0.1) is 6.42 Å². The Morgan fingerprint density at radius 2 is 2.35 bits per heavy atom. The van der Waals surface area contributed by atoms with Crippen LogP contribution in [0.15, 0.2) is 21.9 Å². The molecule has 2 rings (SSSR count). The lowest BCUT2D eigenvalue weighted by molar-refractivity contribution is -0.0459. The van der Waals surface area contributed by atoms with Gasteiger partial charge in [-0.1, -0.05) is 5.92 Å². The van der Waals surface area contributed by atoms with Gasteiger partial charge in [0.15, 0.2) is 0 Å². The number of nitrogens with zero attached hydrogens (tertiary/aromatic N) is 1. The number of hydrogen-bond acceptors (Lipinski definition) is 5. The fourth-order valence-corrected chi connectivity index (χ4v) is 2.02. The molecule has 3 atom stereocenters. The molecule has 1 aliphatic rings. The lowest BCUT2D eigenvalue weighted by Gasteiger charge is -2.14. The molecule has 0 bridgehead atoms. The van der Waals surface area contributed by atoms with Crippen LogP contribution in [0.4, 0.5) is 0 Å². The van der Waals surface area contributed by atoms with E-state index in [0.717, 1.165) is 4.57 Å². The van der Waals surface area contributed by atoms with Crippen molar-refractivity contribution in [1.29, 1.82) is 0 Å². The molecule has 7 nitrogen and oxygen atoms in total. The van der Waals surface area contributed by atoms with Crippen LogP contribution in [0.3, 0.4) is 0 Å². The third-order valence-corrected chi connectivity index (χ3v) is 3.05. The molecule has 0 unspecified atom stereocenters. The van der Waals surface area contributed by atoms with Crippen molar-refractivity contribution in [3.63, 3.8) is 0 Å². The van der Waals surface area contributed by atoms with Crippen molar-refractivity contribution in [3.05, 3.63) is 38.7 Å². The zero-order valence-corrected chi connectivity index (χ0v) is 10.5. The smallest absolute Gasteiger partial charge is 0.330 e. The van der Waals surface area contributed by atoms with Gasteiger partial charge in [-0.25, -0.2) is 4.79 Å². The third-order valence-electron chi connectivity index (χ3n) is 3.05. The predicted molar refractivity (Wildman–Crippen MR) is 70.8 cm³/mol. The van der Waals surface area contributed by atoms with E-state index in [9.17, 15) is 14.7 Å². The molecule has 7 heteroatoms. The first kappa shape index (κ1) is 14.3. The number of ether oxygens (including phenoxy) is 1. The van der Waals surface area contributed by atoms with Crippen molar-refractivity contribution in [2.45, 2.75) is 24.9 Å². The second-order valence-corrected chi connectivity index (χ2v) is 4.37. The zero-order valence-electron chi connectivity index (χ0n) is 10.5. The quantitative estimate of drug-likeness (QED) is 0.604. The Hall–Kier alpha value is -2.14. The second-order valence-electron chi connectivity index (χ2n) is 4.37. The molecular weight excluding hydrogens is 264 g/mol. The molecule has 2 heterocycles. The van der Waals surface area contributed by atoms with Crippen LogP contribution in [0.1, 0.15) is 18.2 Å². The van der Waals surface area contributed by atoms with Crippen LogP contribution in [0.2, 0.25) is 0 Å². The van der Waals surface area contributed by atoms with Gasteiger partial charge in [-0.2, -0.15) is 0 Å². The summed E-state index contributed by atoms with van der Waals surface area (Å²) in [6, 6.07) is 0. The van der Waals surface area contributed by atoms with Crippen molar-refractivity contribution in [2.75, 3.05) is 6.61 Å². The maximum atomic E-state index is 11.8. The van der Waals surface area contributed by atoms with Crippen LogP contribution in [0.5, 0.6) is 0 Å². The minimum atomic E-state index is -0.867. The van der Waals surface area contributed by atoms with Crippen molar-refractivity contribution in [2.24, 2.45) is 0 Å². The molecule has 0 amide bonds. The van der Waals surface area contributed by atoms with Crippen LogP contribution in [0, 0.1) is 12.3 Å². The fraction of sp³-hybridized carbons (Fsp3) is 0.385. The molecule has 0 radical (unpaired) electrons. The standard InChI is InChI=1S/C13H14N2O5/c1-2-3-4-8-6-15(13(19)14-12(8)18)11-5-9(17)10(7-16)20-11/h1,3-4,6,9-11,16-17H,5,7H2,(H,14,18,19)/t9-,10+,11+/m0/s1. The molecule has 0 aromatic carbocycles. The molecule has 20 heavy (non-hydrogen) atoms. The van der Waals surface area contributed by atoms with E-state index in [1.54, 1.807) is 0 Å². The Kier molecular flexibility index (Phi) is 4.20. The van der Waals surface area contributed by atoms with Gasteiger partial charge in [-0.3, -0.25) is 14.3 Å². The van der Waals surface area contributed by atoms with Crippen LogP contribution < -0.4 is 11.2 Å². The highest BCUT2D eigenvalue weighted by Crippen LogP contribution is 2.27. The number of aliphatic hydroxyl groups excluding tert-OH is 2. The Balaban J connectivity index is 2.38. The lowest BCUT2D eigenvalue weighted by atomic mass is 10.2. The van der Waals surface area contributed by atoms with Crippen LogP contribution in [0.25, 0.3) is 6.08 Å². The Labute approximate surface area is 114 Å². The minimum Gasteiger partial charge on any atom is -0.394 e. The Morgan fingerprint density at radius 1 is 1.60 bits per heavy atom. The Morgan fingerprint density at radius 3 is 2.95 bits per heavy atom. The van der Waals surface area contributed by atoms with Crippen molar-refractivity contribution in [3.8, 4) is 12.3 Å². The molecule has 1 saturated heterocycles. The monoisotopic (exact) mass is 278 g/mol. The molecule has 1 fully saturated rings. The number of terminal acetylenes is 1. The van der Waals surface area contributed by atoms with Gasteiger partial charge < -0.3 is 14.9 Å². The van der Waals surface area contributed by atoms with Gasteiger partial charge >= 0.3 is 5.69 Å². The number of aromatic amines is 1. The lowest BCUT2D eigenvalue weighted by Crippen LogP contribution is -2.33. The topological polar surface area (TPSA) is 105 Å². The van der Waals surface area contributed by atoms with Crippen LogP contribution in [-0.4, -0.2) is 38.6 Å². The number of nitrogens with one attached hydrogen (secondary N) is 1. The predicted octanol–water partition coefficient (Wildman–Crippen LogP) is -1.18.